The van der Waals surface area contributed by atoms with Crippen molar-refractivity contribution >= 4 is 33.2 Å². The number of thiophene rings is 1. The summed E-state index contributed by atoms with van der Waals surface area (Å²) in [6.07, 6.45) is 2.07. The maximum atomic E-state index is 9.50. The first-order chi connectivity index (χ1) is 6.24. The van der Waals surface area contributed by atoms with Gasteiger partial charge in [-0.25, -0.2) is 0 Å². The molecule has 3 heteroatoms. The number of aromatic hydroxyl groups is 1. The number of rotatable bonds is 1. The highest BCUT2D eigenvalue weighted by Crippen LogP contribution is 2.37. The summed E-state index contributed by atoms with van der Waals surface area (Å²) < 4.78 is 1.20. The van der Waals surface area contributed by atoms with E-state index in [1.165, 1.54) is 15.0 Å². The zero-order chi connectivity index (χ0) is 9.42. The van der Waals surface area contributed by atoms with Gasteiger partial charge >= 0.3 is 0 Å². The molecular formula is C10H10OS2. The van der Waals surface area contributed by atoms with Crippen LogP contribution in [0.25, 0.3) is 10.1 Å². The van der Waals surface area contributed by atoms with E-state index >= 15 is 0 Å². The molecular weight excluding hydrogens is 200 g/mol. The van der Waals surface area contributed by atoms with Crippen LogP contribution in [0.5, 0.6) is 5.75 Å². The highest BCUT2D eigenvalue weighted by molar-refractivity contribution is 7.99. The van der Waals surface area contributed by atoms with Crippen molar-refractivity contribution in [3.63, 3.8) is 0 Å². The topological polar surface area (TPSA) is 20.2 Å². The molecule has 0 aliphatic rings. The lowest BCUT2D eigenvalue weighted by molar-refractivity contribution is 0.472. The fraction of sp³-hybridized carbons (Fsp3) is 0.200. The van der Waals surface area contributed by atoms with E-state index in [1.54, 1.807) is 29.2 Å². The fourth-order valence-corrected chi connectivity index (χ4v) is 3.28. The summed E-state index contributed by atoms with van der Waals surface area (Å²) >= 11 is 3.45. The average molecular weight is 210 g/mol. The van der Waals surface area contributed by atoms with Crippen LogP contribution in [0.1, 0.15) is 5.56 Å². The van der Waals surface area contributed by atoms with Crippen molar-refractivity contribution in [3.05, 3.63) is 23.1 Å². The Morgan fingerprint density at radius 1 is 1.38 bits per heavy atom. The van der Waals surface area contributed by atoms with Gasteiger partial charge < -0.3 is 5.11 Å². The zero-order valence-corrected chi connectivity index (χ0v) is 9.13. The van der Waals surface area contributed by atoms with E-state index in [-0.39, 0.29) is 0 Å². The van der Waals surface area contributed by atoms with Gasteiger partial charge in [-0.3, -0.25) is 0 Å². The fourth-order valence-electron chi connectivity index (χ4n) is 1.36. The summed E-state index contributed by atoms with van der Waals surface area (Å²) in [6.45, 7) is 1.96. The van der Waals surface area contributed by atoms with E-state index in [0.29, 0.717) is 5.75 Å². The van der Waals surface area contributed by atoms with Crippen LogP contribution >= 0.6 is 23.1 Å². The first-order valence-corrected chi connectivity index (χ1v) is 6.08. The van der Waals surface area contributed by atoms with Gasteiger partial charge in [0, 0.05) is 25.9 Å². The molecule has 1 nitrogen and oxygen atoms in total. The molecule has 1 aromatic heterocycles. The minimum Gasteiger partial charge on any atom is -0.508 e. The quantitative estimate of drug-likeness (QED) is 0.725. The Morgan fingerprint density at radius 3 is 2.85 bits per heavy atom. The SMILES string of the molecule is CSc1csc2c(C)c(O)ccc12. The number of hydrogen-bond acceptors (Lipinski definition) is 3. The van der Waals surface area contributed by atoms with Gasteiger partial charge in [0.25, 0.3) is 0 Å². The molecule has 1 aromatic carbocycles. The molecule has 0 amide bonds. The predicted octanol–water partition coefficient (Wildman–Crippen LogP) is 3.64. The molecule has 1 N–H and O–H groups in total. The molecule has 0 spiro atoms. The first-order valence-electron chi connectivity index (χ1n) is 3.98. The van der Waals surface area contributed by atoms with Crippen LogP contribution < -0.4 is 0 Å². The summed E-state index contributed by atoms with van der Waals surface area (Å²) in [6, 6.07) is 3.75. The van der Waals surface area contributed by atoms with Gasteiger partial charge in [0.1, 0.15) is 5.75 Å². The smallest absolute Gasteiger partial charge is 0.119 e. The summed E-state index contributed by atoms with van der Waals surface area (Å²) in [5, 5.41) is 12.9. The highest BCUT2D eigenvalue weighted by Gasteiger charge is 2.07. The molecule has 2 rings (SSSR count). The van der Waals surface area contributed by atoms with Crippen LogP contribution in [0.15, 0.2) is 22.4 Å². The predicted molar refractivity (Wildman–Crippen MR) is 60.0 cm³/mol. The Labute approximate surface area is 85.4 Å². The van der Waals surface area contributed by atoms with Crippen LogP contribution in [-0.2, 0) is 0 Å². The molecule has 0 saturated heterocycles. The molecule has 0 atom stereocenters. The molecule has 1 heterocycles. The number of thioether (sulfide) groups is 1. The number of phenols is 1. The van der Waals surface area contributed by atoms with Crippen LogP contribution in [0, 0.1) is 6.92 Å². The Bertz CT molecular complexity index is 445. The van der Waals surface area contributed by atoms with Crippen LogP contribution in [0.4, 0.5) is 0 Å². The van der Waals surface area contributed by atoms with E-state index in [0.717, 1.165) is 5.56 Å². The highest BCUT2D eigenvalue weighted by atomic mass is 32.2. The second-order valence-corrected chi connectivity index (χ2v) is 4.62. The second kappa shape index (κ2) is 3.24. The van der Waals surface area contributed by atoms with Gasteiger partial charge in [-0.1, -0.05) is 0 Å². The normalized spacial score (nSPS) is 10.9. The van der Waals surface area contributed by atoms with Crippen molar-refractivity contribution in [3.8, 4) is 5.75 Å². The minimum absolute atomic E-state index is 0.391. The largest absolute Gasteiger partial charge is 0.508 e. The van der Waals surface area contributed by atoms with Gasteiger partial charge in [0.15, 0.2) is 0 Å². The summed E-state index contributed by atoms with van der Waals surface area (Å²) in [5.74, 6) is 0.391. The molecule has 0 bridgehead atoms. The summed E-state index contributed by atoms with van der Waals surface area (Å²) in [5.41, 5.74) is 0.989. The third-order valence-electron chi connectivity index (χ3n) is 2.15. The van der Waals surface area contributed by atoms with Crippen LogP contribution in [0.3, 0.4) is 0 Å². The van der Waals surface area contributed by atoms with Crippen molar-refractivity contribution in [1.29, 1.82) is 0 Å². The lowest BCUT2D eigenvalue weighted by Crippen LogP contribution is -1.74. The lowest BCUT2D eigenvalue weighted by atomic mass is 10.2. The number of benzene rings is 1. The average Bonchev–Trinajstić information content (AvgIpc) is 2.55. The molecule has 0 unspecified atom stereocenters. The third-order valence-corrected chi connectivity index (χ3v) is 4.19. The van der Waals surface area contributed by atoms with Crippen molar-refractivity contribution in [1.82, 2.24) is 0 Å². The van der Waals surface area contributed by atoms with E-state index in [9.17, 15) is 5.11 Å². The monoisotopic (exact) mass is 210 g/mol. The first kappa shape index (κ1) is 8.91. The Hall–Kier alpha value is -0.670. The van der Waals surface area contributed by atoms with E-state index in [1.807, 2.05) is 13.0 Å². The standard InChI is InChI=1S/C10H10OS2/c1-6-8(11)4-3-7-9(12-2)5-13-10(6)7/h3-5,11H,1-2H3. The maximum absolute atomic E-state index is 9.50. The van der Waals surface area contributed by atoms with E-state index < -0.39 is 0 Å². The molecule has 2 aromatic rings. The number of fused-ring (bicyclic) bond motifs is 1. The van der Waals surface area contributed by atoms with E-state index in [2.05, 4.69) is 11.6 Å². The molecule has 68 valence electrons. The maximum Gasteiger partial charge on any atom is 0.119 e. The number of phenolic OH excluding ortho intramolecular Hbond substituents is 1. The Balaban J connectivity index is 2.81. The van der Waals surface area contributed by atoms with Gasteiger partial charge in [0.2, 0.25) is 0 Å². The summed E-state index contributed by atoms with van der Waals surface area (Å²) in [4.78, 5) is 1.29. The summed E-state index contributed by atoms with van der Waals surface area (Å²) in [7, 11) is 0. The van der Waals surface area contributed by atoms with Gasteiger partial charge in [-0.15, -0.1) is 23.1 Å². The van der Waals surface area contributed by atoms with Crippen LogP contribution in [0.2, 0.25) is 0 Å². The second-order valence-electron chi connectivity index (χ2n) is 2.89. The van der Waals surface area contributed by atoms with Gasteiger partial charge in [-0.05, 0) is 25.3 Å². The lowest BCUT2D eigenvalue weighted by Gasteiger charge is -1.99. The van der Waals surface area contributed by atoms with Crippen molar-refractivity contribution in [2.75, 3.05) is 6.26 Å². The molecule has 0 aliphatic carbocycles. The zero-order valence-electron chi connectivity index (χ0n) is 7.50. The molecule has 13 heavy (non-hydrogen) atoms. The third kappa shape index (κ3) is 1.32. The number of aryl methyl sites for hydroxylation is 1. The van der Waals surface area contributed by atoms with Crippen LogP contribution in [-0.4, -0.2) is 11.4 Å². The van der Waals surface area contributed by atoms with Gasteiger partial charge in [-0.2, -0.15) is 0 Å². The minimum atomic E-state index is 0.391. The molecule has 0 radical (unpaired) electrons. The van der Waals surface area contributed by atoms with Crippen molar-refractivity contribution in [2.45, 2.75) is 11.8 Å². The van der Waals surface area contributed by atoms with Crippen molar-refractivity contribution in [2.24, 2.45) is 0 Å². The Kier molecular flexibility index (Phi) is 2.22. The van der Waals surface area contributed by atoms with E-state index in [4.69, 9.17) is 0 Å². The molecule has 0 aliphatic heterocycles. The van der Waals surface area contributed by atoms with Gasteiger partial charge in [0.05, 0.1) is 0 Å². The number of hydrogen-bond donors (Lipinski definition) is 1. The molecule has 0 saturated carbocycles. The Morgan fingerprint density at radius 2 is 2.15 bits per heavy atom. The molecule has 0 fully saturated rings. The van der Waals surface area contributed by atoms with Crippen molar-refractivity contribution < 1.29 is 5.11 Å².